The number of carbonyl (C=O) groups is 1. The van der Waals surface area contributed by atoms with Crippen LogP contribution in [0.4, 0.5) is 0 Å². The van der Waals surface area contributed by atoms with E-state index in [1.807, 2.05) is 31.2 Å². The second-order valence-corrected chi connectivity index (χ2v) is 7.53. The first-order chi connectivity index (χ1) is 12.6. The predicted octanol–water partition coefficient (Wildman–Crippen LogP) is 2.51. The molecule has 0 radical (unpaired) electrons. The van der Waals surface area contributed by atoms with Crippen molar-refractivity contribution in [2.24, 2.45) is 0 Å². The van der Waals surface area contributed by atoms with Gasteiger partial charge in [0, 0.05) is 36.3 Å². The summed E-state index contributed by atoms with van der Waals surface area (Å²) in [6, 6.07) is 10.1. The van der Waals surface area contributed by atoms with E-state index in [9.17, 15) is 4.79 Å². The quantitative estimate of drug-likeness (QED) is 0.889. The third-order valence-corrected chi connectivity index (χ3v) is 5.29. The Morgan fingerprint density at radius 2 is 2.15 bits per heavy atom. The first-order valence-electron chi connectivity index (χ1n) is 8.89. The number of rotatable bonds is 4. The van der Waals surface area contributed by atoms with Gasteiger partial charge in [0.05, 0.1) is 24.8 Å². The third kappa shape index (κ3) is 3.92. The molecule has 2 aliphatic rings. The highest BCUT2D eigenvalue weighted by molar-refractivity contribution is 6.30. The van der Waals surface area contributed by atoms with Crippen LogP contribution in [0.2, 0.25) is 5.02 Å². The topological polar surface area (TPSA) is 67.6 Å². The Hall–Kier alpha value is -1.89. The summed E-state index contributed by atoms with van der Waals surface area (Å²) in [6.07, 6.45) is 1.19. The predicted molar refractivity (Wildman–Crippen MR) is 97.0 cm³/mol. The van der Waals surface area contributed by atoms with Gasteiger partial charge in [0.15, 0.2) is 0 Å². The molecule has 1 aromatic carbocycles. The van der Waals surface area contributed by atoms with E-state index >= 15 is 0 Å². The summed E-state index contributed by atoms with van der Waals surface area (Å²) in [5.41, 5.74) is 1.93. The van der Waals surface area contributed by atoms with Gasteiger partial charge in [-0.25, -0.2) is 0 Å². The minimum Gasteiger partial charge on any atom is -0.371 e. The summed E-state index contributed by atoms with van der Waals surface area (Å²) >= 11 is 5.96. The van der Waals surface area contributed by atoms with Crippen LogP contribution < -0.4 is 5.32 Å². The Balaban J connectivity index is 1.31. The molecule has 26 heavy (non-hydrogen) atoms. The van der Waals surface area contributed by atoms with Gasteiger partial charge < -0.3 is 14.6 Å². The van der Waals surface area contributed by atoms with Crippen molar-refractivity contribution in [1.29, 1.82) is 0 Å². The Labute approximate surface area is 157 Å². The summed E-state index contributed by atoms with van der Waals surface area (Å²) < 4.78 is 11.2. The first-order valence-corrected chi connectivity index (χ1v) is 9.27. The van der Waals surface area contributed by atoms with Crippen molar-refractivity contribution >= 4 is 17.5 Å². The van der Waals surface area contributed by atoms with E-state index in [1.165, 1.54) is 0 Å². The van der Waals surface area contributed by atoms with Gasteiger partial charge in [0.1, 0.15) is 5.76 Å². The molecule has 0 spiro atoms. The highest BCUT2D eigenvalue weighted by Crippen LogP contribution is 2.30. The molecule has 7 heteroatoms. The van der Waals surface area contributed by atoms with Gasteiger partial charge in [-0.05, 0) is 31.0 Å². The third-order valence-electron chi connectivity index (χ3n) is 5.04. The number of benzene rings is 1. The van der Waals surface area contributed by atoms with Crippen LogP contribution in [0.5, 0.6) is 0 Å². The van der Waals surface area contributed by atoms with Gasteiger partial charge >= 0.3 is 0 Å². The molecule has 1 amide bonds. The maximum Gasteiger partial charge on any atom is 0.227 e. The summed E-state index contributed by atoms with van der Waals surface area (Å²) in [4.78, 5) is 14.6. The maximum absolute atomic E-state index is 12.2. The number of aryl methyl sites for hydroxylation is 1. The molecule has 3 heterocycles. The highest BCUT2D eigenvalue weighted by Gasteiger charge is 2.38. The van der Waals surface area contributed by atoms with Crippen molar-refractivity contribution in [1.82, 2.24) is 15.4 Å². The molecular weight excluding hydrogens is 354 g/mol. The molecule has 3 atom stereocenters. The molecule has 0 aliphatic carbocycles. The molecule has 6 nitrogen and oxygen atoms in total. The zero-order chi connectivity index (χ0) is 18.1. The summed E-state index contributed by atoms with van der Waals surface area (Å²) in [5.74, 6) is 0.572. The lowest BCUT2D eigenvalue weighted by Gasteiger charge is -2.35. The minimum absolute atomic E-state index is 0.0267. The fourth-order valence-corrected chi connectivity index (χ4v) is 3.92. The fraction of sp³-hybridized carbons (Fsp3) is 0.474. The van der Waals surface area contributed by atoms with Crippen molar-refractivity contribution in [3.63, 3.8) is 0 Å². The monoisotopic (exact) mass is 375 g/mol. The van der Waals surface area contributed by atoms with Crippen LogP contribution in [-0.4, -0.2) is 47.7 Å². The number of fused-ring (bicyclic) bond motifs is 1. The lowest BCUT2D eigenvalue weighted by atomic mass is 10.1. The van der Waals surface area contributed by atoms with Gasteiger partial charge in [-0.3, -0.25) is 9.69 Å². The lowest BCUT2D eigenvalue weighted by Crippen LogP contribution is -2.43. The van der Waals surface area contributed by atoms with Crippen LogP contribution >= 0.6 is 11.6 Å². The molecule has 0 saturated carbocycles. The molecule has 2 aromatic rings. The van der Waals surface area contributed by atoms with Gasteiger partial charge in [0.25, 0.3) is 0 Å². The van der Waals surface area contributed by atoms with Crippen molar-refractivity contribution in [3.8, 4) is 0 Å². The number of halogens is 1. The number of hydrogen-bond donors (Lipinski definition) is 1. The van der Waals surface area contributed by atoms with Crippen LogP contribution in [0, 0.1) is 6.92 Å². The molecule has 2 saturated heterocycles. The van der Waals surface area contributed by atoms with E-state index in [0.29, 0.717) is 18.4 Å². The molecule has 2 aliphatic heterocycles. The van der Waals surface area contributed by atoms with Crippen molar-refractivity contribution in [2.45, 2.75) is 38.0 Å². The van der Waals surface area contributed by atoms with E-state index in [2.05, 4.69) is 15.4 Å². The number of morpholine rings is 1. The number of nitrogens with one attached hydrogen (secondary N) is 1. The van der Waals surface area contributed by atoms with Crippen LogP contribution in [0.3, 0.4) is 0 Å². The SMILES string of the molecule is Cc1cc(CC(=O)N[C@@H]2C[C@H]3CO[C@@H](c4ccc(Cl)cc4)CN3C2)on1. The van der Waals surface area contributed by atoms with Crippen LogP contribution in [0.25, 0.3) is 0 Å². The molecule has 138 valence electrons. The number of amides is 1. The van der Waals surface area contributed by atoms with Crippen LogP contribution in [0.15, 0.2) is 34.9 Å². The van der Waals surface area contributed by atoms with Crippen LogP contribution in [0.1, 0.15) is 29.5 Å². The van der Waals surface area contributed by atoms with E-state index in [-0.39, 0.29) is 24.5 Å². The summed E-state index contributed by atoms with van der Waals surface area (Å²) in [5, 5.41) is 7.66. The Morgan fingerprint density at radius 1 is 1.35 bits per heavy atom. The van der Waals surface area contributed by atoms with Crippen molar-refractivity contribution in [3.05, 3.63) is 52.4 Å². The fourth-order valence-electron chi connectivity index (χ4n) is 3.79. The van der Waals surface area contributed by atoms with Crippen molar-refractivity contribution < 1.29 is 14.1 Å². The van der Waals surface area contributed by atoms with Gasteiger partial charge in [0.2, 0.25) is 5.91 Å². The second-order valence-electron chi connectivity index (χ2n) is 7.09. The first kappa shape index (κ1) is 17.5. The van der Waals surface area contributed by atoms with E-state index in [4.69, 9.17) is 20.9 Å². The van der Waals surface area contributed by atoms with Gasteiger partial charge in [-0.2, -0.15) is 0 Å². The molecule has 4 rings (SSSR count). The number of hydrogen-bond acceptors (Lipinski definition) is 5. The summed E-state index contributed by atoms with van der Waals surface area (Å²) in [6.45, 7) is 4.21. The minimum atomic E-state index is -0.0267. The molecule has 0 unspecified atom stereocenters. The number of carbonyl (C=O) groups excluding carboxylic acids is 1. The average molecular weight is 376 g/mol. The number of aromatic nitrogens is 1. The molecule has 1 N–H and O–H groups in total. The Kier molecular flexibility index (Phi) is 4.98. The molecule has 0 bridgehead atoms. The smallest absolute Gasteiger partial charge is 0.227 e. The molecule has 2 fully saturated rings. The summed E-state index contributed by atoms with van der Waals surface area (Å²) in [7, 11) is 0. The average Bonchev–Trinajstić information content (AvgIpc) is 3.20. The van der Waals surface area contributed by atoms with Gasteiger partial charge in [-0.15, -0.1) is 0 Å². The van der Waals surface area contributed by atoms with E-state index in [1.54, 1.807) is 6.07 Å². The second kappa shape index (κ2) is 7.39. The van der Waals surface area contributed by atoms with Crippen LogP contribution in [-0.2, 0) is 16.0 Å². The number of nitrogens with zero attached hydrogens (tertiary/aromatic N) is 2. The van der Waals surface area contributed by atoms with Gasteiger partial charge in [-0.1, -0.05) is 28.9 Å². The standard InChI is InChI=1S/C19H22ClN3O3/c1-12-6-17(26-22-12)8-19(24)21-15-7-16-11-25-18(10-23(16)9-15)13-2-4-14(20)5-3-13/h2-6,15-16,18H,7-11H2,1H3,(H,21,24)/t15-,16+,18-/m1/s1. The zero-order valence-electron chi connectivity index (χ0n) is 14.7. The molecule has 1 aromatic heterocycles. The Morgan fingerprint density at radius 3 is 2.88 bits per heavy atom. The Bertz CT molecular complexity index is 777. The normalized spacial score (nSPS) is 25.8. The number of ether oxygens (including phenoxy) is 1. The maximum atomic E-state index is 12.2. The lowest BCUT2D eigenvalue weighted by molar-refractivity contribution is -0.121. The highest BCUT2D eigenvalue weighted by atomic mass is 35.5. The van der Waals surface area contributed by atoms with E-state index < -0.39 is 0 Å². The zero-order valence-corrected chi connectivity index (χ0v) is 15.4. The largest absolute Gasteiger partial charge is 0.371 e. The molecular formula is C19H22ClN3O3. The van der Waals surface area contributed by atoms with Crippen molar-refractivity contribution in [2.75, 3.05) is 19.7 Å². The van der Waals surface area contributed by atoms with E-state index in [0.717, 1.165) is 35.8 Å².